The SMILES string of the molecule is Cc1nnc(S/C(=C\c2cccn2-c2ccc([N+](=O)[O-])cc2)C(=O)O)o1. The first-order chi connectivity index (χ1) is 12.4. The minimum Gasteiger partial charge on any atom is -0.477 e. The van der Waals surface area contributed by atoms with Crippen molar-refractivity contribution in [1.29, 1.82) is 0 Å². The van der Waals surface area contributed by atoms with Gasteiger partial charge in [-0.05, 0) is 42.1 Å². The minimum atomic E-state index is -1.14. The highest BCUT2D eigenvalue weighted by Gasteiger charge is 2.15. The Hall–Kier alpha value is -3.40. The number of non-ortho nitro benzene ring substituents is 1. The molecule has 0 saturated heterocycles. The van der Waals surface area contributed by atoms with E-state index >= 15 is 0 Å². The first-order valence-corrected chi connectivity index (χ1v) is 8.11. The van der Waals surface area contributed by atoms with Gasteiger partial charge in [-0.3, -0.25) is 10.1 Å². The van der Waals surface area contributed by atoms with Crippen LogP contribution in [-0.2, 0) is 4.79 Å². The quantitative estimate of drug-likeness (QED) is 0.302. The predicted octanol–water partition coefficient (Wildman–Crippen LogP) is 3.29. The molecule has 0 aliphatic heterocycles. The van der Waals surface area contributed by atoms with E-state index in [4.69, 9.17) is 4.42 Å². The summed E-state index contributed by atoms with van der Waals surface area (Å²) >= 11 is 0.845. The summed E-state index contributed by atoms with van der Waals surface area (Å²) in [6.07, 6.45) is 3.20. The number of carbonyl (C=O) groups is 1. The molecule has 0 bridgehead atoms. The maximum Gasteiger partial charge on any atom is 0.342 e. The monoisotopic (exact) mass is 372 g/mol. The third kappa shape index (κ3) is 3.81. The highest BCUT2D eigenvalue weighted by Crippen LogP contribution is 2.28. The molecular formula is C16H12N4O5S. The van der Waals surface area contributed by atoms with Gasteiger partial charge in [-0.15, -0.1) is 10.2 Å². The molecule has 3 aromatic rings. The number of hydrogen-bond acceptors (Lipinski definition) is 7. The zero-order chi connectivity index (χ0) is 18.7. The molecule has 0 saturated carbocycles. The summed E-state index contributed by atoms with van der Waals surface area (Å²) in [5.74, 6) is -0.797. The lowest BCUT2D eigenvalue weighted by Gasteiger charge is -2.07. The van der Waals surface area contributed by atoms with Crippen molar-refractivity contribution in [2.45, 2.75) is 12.1 Å². The maximum atomic E-state index is 11.5. The molecule has 0 atom stereocenters. The number of carboxylic acids is 1. The van der Waals surface area contributed by atoms with Crippen LogP contribution in [0.15, 0.2) is 57.1 Å². The molecule has 0 radical (unpaired) electrons. The van der Waals surface area contributed by atoms with Crippen LogP contribution < -0.4 is 0 Å². The van der Waals surface area contributed by atoms with E-state index in [-0.39, 0.29) is 15.8 Å². The van der Waals surface area contributed by atoms with Gasteiger partial charge >= 0.3 is 5.97 Å². The van der Waals surface area contributed by atoms with Gasteiger partial charge in [0.2, 0.25) is 5.89 Å². The van der Waals surface area contributed by atoms with Gasteiger partial charge in [0, 0.05) is 36.6 Å². The molecule has 2 heterocycles. The summed E-state index contributed by atoms with van der Waals surface area (Å²) in [7, 11) is 0. The van der Waals surface area contributed by atoms with Gasteiger partial charge in [0.05, 0.1) is 4.92 Å². The molecule has 0 aliphatic carbocycles. The van der Waals surface area contributed by atoms with E-state index in [1.807, 2.05) is 0 Å². The number of aliphatic carboxylic acids is 1. The lowest BCUT2D eigenvalue weighted by atomic mass is 10.2. The molecule has 1 N–H and O–H groups in total. The fraction of sp³-hybridized carbons (Fsp3) is 0.0625. The molecule has 3 rings (SSSR count). The van der Waals surface area contributed by atoms with Crippen LogP contribution in [0.25, 0.3) is 11.8 Å². The largest absolute Gasteiger partial charge is 0.477 e. The molecule has 0 spiro atoms. The second kappa shape index (κ2) is 7.23. The second-order valence-electron chi connectivity index (χ2n) is 5.08. The normalized spacial score (nSPS) is 11.5. The number of benzene rings is 1. The van der Waals surface area contributed by atoms with Gasteiger partial charge in [-0.2, -0.15) is 0 Å². The number of hydrogen-bond donors (Lipinski definition) is 1. The molecule has 0 amide bonds. The zero-order valence-electron chi connectivity index (χ0n) is 13.4. The van der Waals surface area contributed by atoms with Crippen LogP contribution in [0.3, 0.4) is 0 Å². The van der Waals surface area contributed by atoms with Crippen LogP contribution in [0.4, 0.5) is 5.69 Å². The summed E-state index contributed by atoms with van der Waals surface area (Å²) in [5, 5.41) is 27.8. The average molecular weight is 372 g/mol. The molecule has 0 aliphatic rings. The Morgan fingerprint density at radius 3 is 2.62 bits per heavy atom. The molecular weight excluding hydrogens is 360 g/mol. The summed E-state index contributed by atoms with van der Waals surface area (Å²) in [4.78, 5) is 21.8. The van der Waals surface area contributed by atoms with Crippen molar-refractivity contribution in [3.63, 3.8) is 0 Å². The van der Waals surface area contributed by atoms with Crippen molar-refractivity contribution in [3.8, 4) is 5.69 Å². The fourth-order valence-electron chi connectivity index (χ4n) is 2.16. The van der Waals surface area contributed by atoms with E-state index < -0.39 is 10.9 Å². The van der Waals surface area contributed by atoms with Crippen molar-refractivity contribution < 1.29 is 19.2 Å². The summed E-state index contributed by atoms with van der Waals surface area (Å²) in [5.41, 5.74) is 1.22. The van der Waals surface area contributed by atoms with Gasteiger partial charge < -0.3 is 14.1 Å². The summed E-state index contributed by atoms with van der Waals surface area (Å²) in [6, 6.07) is 9.42. The standard InChI is InChI=1S/C16H12N4O5S/c1-10-17-18-16(25-10)26-14(15(21)22)9-13-3-2-8-19(13)11-4-6-12(7-5-11)20(23)24/h2-9H,1H3,(H,21,22)/b14-9-. The Balaban J connectivity index is 1.93. The lowest BCUT2D eigenvalue weighted by molar-refractivity contribution is -0.384. The Labute approximate surface area is 151 Å². The minimum absolute atomic E-state index is 0.00416. The van der Waals surface area contributed by atoms with E-state index in [1.165, 1.54) is 18.2 Å². The third-order valence-electron chi connectivity index (χ3n) is 3.31. The van der Waals surface area contributed by atoms with Crippen LogP contribution >= 0.6 is 11.8 Å². The zero-order valence-corrected chi connectivity index (χ0v) is 14.2. The molecule has 132 valence electrons. The Kier molecular flexibility index (Phi) is 4.85. The smallest absolute Gasteiger partial charge is 0.342 e. The van der Waals surface area contributed by atoms with Gasteiger partial charge in [-0.1, -0.05) is 0 Å². The number of nitro groups is 1. The van der Waals surface area contributed by atoms with Crippen LogP contribution in [0.5, 0.6) is 0 Å². The maximum absolute atomic E-state index is 11.5. The number of thioether (sulfide) groups is 1. The van der Waals surface area contributed by atoms with Crippen LogP contribution in [0, 0.1) is 17.0 Å². The summed E-state index contributed by atoms with van der Waals surface area (Å²) < 4.78 is 6.91. The fourth-order valence-corrected chi connectivity index (χ4v) is 2.86. The molecule has 0 fully saturated rings. The molecule has 0 unspecified atom stereocenters. The van der Waals surface area contributed by atoms with E-state index in [1.54, 1.807) is 42.0 Å². The highest BCUT2D eigenvalue weighted by atomic mass is 32.2. The highest BCUT2D eigenvalue weighted by molar-refractivity contribution is 8.03. The van der Waals surface area contributed by atoms with Gasteiger partial charge in [-0.25, -0.2) is 4.79 Å². The van der Waals surface area contributed by atoms with Crippen molar-refractivity contribution in [2.75, 3.05) is 0 Å². The van der Waals surface area contributed by atoms with Crippen molar-refractivity contribution in [1.82, 2.24) is 14.8 Å². The number of rotatable bonds is 6. The van der Waals surface area contributed by atoms with Crippen molar-refractivity contribution in [3.05, 3.63) is 69.2 Å². The van der Waals surface area contributed by atoms with E-state index in [9.17, 15) is 20.0 Å². The topological polar surface area (TPSA) is 124 Å². The Bertz CT molecular complexity index is 990. The lowest BCUT2D eigenvalue weighted by Crippen LogP contribution is -2.00. The number of nitrogens with zero attached hydrogens (tertiary/aromatic N) is 4. The average Bonchev–Trinajstić information content (AvgIpc) is 3.23. The molecule has 2 aromatic heterocycles. The first-order valence-electron chi connectivity index (χ1n) is 7.29. The van der Waals surface area contributed by atoms with Crippen molar-refractivity contribution >= 4 is 29.5 Å². The van der Waals surface area contributed by atoms with Crippen LogP contribution in [-0.4, -0.2) is 30.8 Å². The molecule has 10 heteroatoms. The van der Waals surface area contributed by atoms with Gasteiger partial charge in [0.1, 0.15) is 4.91 Å². The number of carboxylic acid groups (broad SMARTS) is 1. The second-order valence-corrected chi connectivity index (χ2v) is 6.07. The number of aryl methyl sites for hydroxylation is 1. The summed E-state index contributed by atoms with van der Waals surface area (Å²) in [6.45, 7) is 1.61. The van der Waals surface area contributed by atoms with Crippen LogP contribution in [0.1, 0.15) is 11.6 Å². The molecule has 1 aromatic carbocycles. The Morgan fingerprint density at radius 1 is 1.31 bits per heavy atom. The van der Waals surface area contributed by atoms with E-state index in [2.05, 4.69) is 10.2 Å². The van der Waals surface area contributed by atoms with Crippen LogP contribution in [0.2, 0.25) is 0 Å². The number of aromatic nitrogens is 3. The van der Waals surface area contributed by atoms with E-state index in [0.29, 0.717) is 17.3 Å². The van der Waals surface area contributed by atoms with Crippen molar-refractivity contribution in [2.24, 2.45) is 0 Å². The van der Waals surface area contributed by atoms with Gasteiger partial charge in [0.25, 0.3) is 10.9 Å². The first kappa shape index (κ1) is 17.4. The molecule has 26 heavy (non-hydrogen) atoms. The third-order valence-corrected chi connectivity index (χ3v) is 4.17. The predicted molar refractivity (Wildman–Crippen MR) is 92.9 cm³/mol. The van der Waals surface area contributed by atoms with E-state index in [0.717, 1.165) is 11.8 Å². The number of nitro benzene ring substituents is 1. The molecule has 9 nitrogen and oxygen atoms in total. The van der Waals surface area contributed by atoms with Gasteiger partial charge in [0.15, 0.2) is 0 Å². The Morgan fingerprint density at radius 2 is 2.04 bits per heavy atom.